The highest BCUT2D eigenvalue weighted by Gasteiger charge is 2.48. The van der Waals surface area contributed by atoms with Gasteiger partial charge in [0.2, 0.25) is 0 Å². The summed E-state index contributed by atoms with van der Waals surface area (Å²) < 4.78 is 34.1. The summed E-state index contributed by atoms with van der Waals surface area (Å²) in [4.78, 5) is 27.7. The predicted octanol–water partition coefficient (Wildman–Crippen LogP) is 5.96. The van der Waals surface area contributed by atoms with E-state index in [9.17, 15) is 23.5 Å². The lowest BCUT2D eigenvalue weighted by atomic mass is 9.84. The van der Waals surface area contributed by atoms with E-state index in [2.05, 4.69) is 0 Å². The highest BCUT2D eigenvalue weighted by Crippen LogP contribution is 2.45. The normalized spacial score (nSPS) is 17.9. The first-order valence-corrected chi connectivity index (χ1v) is 11.4. The molecule has 34 heavy (non-hydrogen) atoms. The second-order valence-corrected chi connectivity index (χ2v) is 9.92. The zero-order valence-electron chi connectivity index (χ0n) is 19.1. The lowest BCUT2D eigenvalue weighted by Crippen LogP contribution is -2.30. The highest BCUT2D eigenvalue weighted by molar-refractivity contribution is 7.10. The lowest BCUT2D eigenvalue weighted by molar-refractivity contribution is -0.132. The van der Waals surface area contributed by atoms with Crippen LogP contribution in [0, 0.1) is 11.6 Å². The predicted molar refractivity (Wildman–Crippen MR) is 127 cm³/mol. The Morgan fingerprint density at radius 2 is 1.82 bits per heavy atom. The van der Waals surface area contributed by atoms with Crippen LogP contribution in [0.3, 0.4) is 0 Å². The first kappa shape index (κ1) is 23.6. The number of aliphatic hydroxyl groups is 1. The average Bonchev–Trinajstić information content (AvgIpc) is 3.41. The third kappa shape index (κ3) is 3.98. The van der Waals surface area contributed by atoms with Crippen LogP contribution < -0.4 is 9.64 Å². The van der Waals surface area contributed by atoms with Crippen LogP contribution in [0.15, 0.2) is 59.5 Å². The number of nitrogens with zero attached hydrogens (tertiary/aromatic N) is 1. The minimum absolute atomic E-state index is 0.193. The Morgan fingerprint density at radius 1 is 1.09 bits per heavy atom. The standard InChI is InChI=1S/C26H23F2NO4S/c1-26(2,3)16-12-14(7-10-19(16)33-4)23(30)21-22(20-6-5-11-34-20)29(25(32)24(21)31)18-13-15(27)8-9-17(18)28/h5-13,22,30H,1-4H3/b23-21-. The van der Waals surface area contributed by atoms with Crippen LogP contribution in [0.5, 0.6) is 5.75 Å². The van der Waals surface area contributed by atoms with Crippen LogP contribution in [-0.2, 0) is 15.0 Å². The molecule has 0 radical (unpaired) electrons. The Bertz CT molecular complexity index is 1310. The summed E-state index contributed by atoms with van der Waals surface area (Å²) in [7, 11) is 1.54. The molecule has 2 heterocycles. The molecule has 1 fully saturated rings. The quantitative estimate of drug-likeness (QED) is 0.283. The van der Waals surface area contributed by atoms with Gasteiger partial charge in [0.25, 0.3) is 11.7 Å². The molecule has 1 N–H and O–H groups in total. The van der Waals surface area contributed by atoms with Crippen molar-refractivity contribution in [1.29, 1.82) is 0 Å². The van der Waals surface area contributed by atoms with E-state index in [1.807, 2.05) is 20.8 Å². The molecule has 1 amide bonds. The molecule has 2 aromatic carbocycles. The molecule has 8 heteroatoms. The number of ether oxygens (including phenoxy) is 1. The first-order chi connectivity index (χ1) is 16.0. The molecule has 1 unspecified atom stereocenters. The van der Waals surface area contributed by atoms with E-state index in [4.69, 9.17) is 4.74 Å². The van der Waals surface area contributed by atoms with E-state index in [-0.39, 0.29) is 16.7 Å². The van der Waals surface area contributed by atoms with Gasteiger partial charge in [-0.25, -0.2) is 8.78 Å². The van der Waals surface area contributed by atoms with Gasteiger partial charge in [0.05, 0.1) is 18.4 Å². The van der Waals surface area contributed by atoms with E-state index < -0.39 is 35.1 Å². The number of halogens is 2. The van der Waals surface area contributed by atoms with E-state index in [0.29, 0.717) is 16.2 Å². The Hall–Kier alpha value is -3.52. The molecule has 0 bridgehead atoms. The fraction of sp³-hybridized carbons (Fsp3) is 0.231. The molecule has 0 aliphatic carbocycles. The molecule has 1 saturated heterocycles. The minimum atomic E-state index is -1.11. The summed E-state index contributed by atoms with van der Waals surface area (Å²) >= 11 is 1.23. The van der Waals surface area contributed by atoms with Crippen molar-refractivity contribution in [2.45, 2.75) is 32.2 Å². The van der Waals surface area contributed by atoms with Crippen molar-refractivity contribution in [3.8, 4) is 5.75 Å². The van der Waals surface area contributed by atoms with Crippen molar-refractivity contribution in [3.63, 3.8) is 0 Å². The number of rotatable bonds is 4. The van der Waals surface area contributed by atoms with Crippen molar-refractivity contribution in [2.75, 3.05) is 12.0 Å². The fourth-order valence-electron chi connectivity index (χ4n) is 4.06. The summed E-state index contributed by atoms with van der Waals surface area (Å²) in [6, 6.07) is 9.94. The number of carbonyl (C=O) groups excluding carboxylic acids is 2. The number of benzene rings is 2. The van der Waals surface area contributed by atoms with Crippen molar-refractivity contribution >= 4 is 34.5 Å². The molecular weight excluding hydrogens is 460 g/mol. The van der Waals surface area contributed by atoms with Gasteiger partial charge in [-0.15, -0.1) is 11.3 Å². The second-order valence-electron chi connectivity index (χ2n) is 8.95. The first-order valence-electron chi connectivity index (χ1n) is 10.5. The number of hydrogen-bond acceptors (Lipinski definition) is 5. The molecule has 1 aliphatic heterocycles. The highest BCUT2D eigenvalue weighted by atomic mass is 32.1. The van der Waals surface area contributed by atoms with E-state index in [1.54, 1.807) is 42.8 Å². The zero-order chi connectivity index (χ0) is 24.8. The van der Waals surface area contributed by atoms with Crippen LogP contribution in [0.2, 0.25) is 0 Å². The number of Topliss-reactive ketones (excluding diaryl/α,β-unsaturated/α-hetero) is 1. The smallest absolute Gasteiger partial charge is 0.300 e. The SMILES string of the molecule is COc1ccc(/C(O)=C2/C(=O)C(=O)N(c3cc(F)ccc3F)C2c2cccs2)cc1C(C)(C)C. The molecular formula is C26H23F2NO4S. The van der Waals surface area contributed by atoms with Crippen LogP contribution in [0.25, 0.3) is 5.76 Å². The second kappa shape index (κ2) is 8.68. The number of methoxy groups -OCH3 is 1. The Kier molecular flexibility index (Phi) is 6.03. The van der Waals surface area contributed by atoms with E-state index in [0.717, 1.165) is 28.7 Å². The number of aliphatic hydroxyl groups excluding tert-OH is 1. The Labute approximate surface area is 199 Å². The van der Waals surface area contributed by atoms with Crippen molar-refractivity contribution in [3.05, 3.63) is 87.1 Å². The number of anilines is 1. The summed E-state index contributed by atoms with van der Waals surface area (Å²) in [5.74, 6) is -3.43. The number of amides is 1. The van der Waals surface area contributed by atoms with Crippen LogP contribution >= 0.6 is 11.3 Å². The van der Waals surface area contributed by atoms with Gasteiger partial charge >= 0.3 is 0 Å². The maximum absolute atomic E-state index is 14.7. The number of thiophene rings is 1. The zero-order valence-corrected chi connectivity index (χ0v) is 19.9. The van der Waals surface area contributed by atoms with Gasteiger partial charge in [0.1, 0.15) is 29.2 Å². The molecule has 3 aromatic rings. The largest absolute Gasteiger partial charge is 0.507 e. The van der Waals surface area contributed by atoms with Crippen molar-refractivity contribution in [1.82, 2.24) is 0 Å². The monoisotopic (exact) mass is 483 g/mol. The van der Waals surface area contributed by atoms with Gasteiger partial charge in [0.15, 0.2) is 0 Å². The number of hydrogen-bond donors (Lipinski definition) is 1. The van der Waals surface area contributed by atoms with E-state index >= 15 is 0 Å². The topological polar surface area (TPSA) is 66.8 Å². The fourth-order valence-corrected chi connectivity index (χ4v) is 4.89. The van der Waals surface area contributed by atoms with Crippen molar-refractivity contribution in [2.24, 2.45) is 0 Å². The maximum atomic E-state index is 14.7. The van der Waals surface area contributed by atoms with Crippen LogP contribution in [0.4, 0.5) is 14.5 Å². The van der Waals surface area contributed by atoms with Gasteiger partial charge in [-0.2, -0.15) is 0 Å². The molecule has 0 spiro atoms. The molecule has 1 aliphatic rings. The van der Waals surface area contributed by atoms with Gasteiger partial charge in [-0.1, -0.05) is 26.8 Å². The van der Waals surface area contributed by atoms with E-state index in [1.165, 1.54) is 11.3 Å². The molecule has 1 aromatic heterocycles. The Morgan fingerprint density at radius 3 is 2.44 bits per heavy atom. The summed E-state index contributed by atoms with van der Waals surface area (Å²) in [5.41, 5.74) is 0.194. The maximum Gasteiger partial charge on any atom is 0.300 e. The van der Waals surface area contributed by atoms with Gasteiger partial charge in [-0.05, 0) is 47.2 Å². The van der Waals surface area contributed by atoms with Gasteiger partial charge < -0.3 is 9.84 Å². The number of carbonyl (C=O) groups is 2. The summed E-state index contributed by atoms with van der Waals surface area (Å²) in [6.45, 7) is 5.93. The third-order valence-corrected chi connectivity index (χ3v) is 6.63. The molecule has 0 saturated carbocycles. The van der Waals surface area contributed by atoms with Gasteiger partial charge in [-0.3, -0.25) is 14.5 Å². The summed E-state index contributed by atoms with van der Waals surface area (Å²) in [6.07, 6.45) is 0. The minimum Gasteiger partial charge on any atom is -0.507 e. The summed E-state index contributed by atoms with van der Waals surface area (Å²) in [5, 5.41) is 13.0. The van der Waals surface area contributed by atoms with Crippen molar-refractivity contribution < 1.29 is 28.2 Å². The molecule has 176 valence electrons. The molecule has 1 atom stereocenters. The molecule has 5 nitrogen and oxygen atoms in total. The van der Waals surface area contributed by atoms with Gasteiger partial charge in [0, 0.05) is 22.1 Å². The van der Waals surface area contributed by atoms with Crippen LogP contribution in [0.1, 0.15) is 42.8 Å². The molecule has 4 rings (SSSR count). The van der Waals surface area contributed by atoms with Crippen LogP contribution in [-0.4, -0.2) is 23.9 Å². The third-order valence-electron chi connectivity index (χ3n) is 5.71. The Balaban J connectivity index is 1.96. The number of ketones is 1. The average molecular weight is 484 g/mol. The lowest BCUT2D eigenvalue weighted by Gasteiger charge is -2.25.